The fraction of sp³-hybridized carbons (Fsp3) is 0.115. The van der Waals surface area contributed by atoms with Crippen molar-refractivity contribution in [3.63, 3.8) is 0 Å². The second-order valence-corrected chi connectivity index (χ2v) is 8.35. The molecule has 8 heteroatoms. The molecule has 0 atom stereocenters. The van der Waals surface area contributed by atoms with Crippen LogP contribution < -0.4 is 15.5 Å². The molecule has 0 unspecified atom stereocenters. The van der Waals surface area contributed by atoms with Crippen molar-refractivity contribution < 1.29 is 19.5 Å². The molecule has 0 saturated heterocycles. The number of nitrogens with zero attached hydrogens (tertiary/aromatic N) is 1. The summed E-state index contributed by atoms with van der Waals surface area (Å²) in [6.45, 7) is 1.49. The second-order valence-electron chi connectivity index (χ2n) is 7.91. The summed E-state index contributed by atoms with van der Waals surface area (Å²) in [7, 11) is 1.70. The lowest BCUT2D eigenvalue weighted by molar-refractivity contribution is -0.136. The third-order valence-electron chi connectivity index (χ3n) is 5.57. The molecule has 34 heavy (non-hydrogen) atoms. The second kappa shape index (κ2) is 9.41. The molecule has 172 valence electrons. The summed E-state index contributed by atoms with van der Waals surface area (Å²) >= 11 is 6.11. The minimum absolute atomic E-state index is 0.0807. The number of fused-ring (bicyclic) bond motifs is 1. The summed E-state index contributed by atoms with van der Waals surface area (Å²) < 4.78 is 0. The molecule has 2 amide bonds. The van der Waals surface area contributed by atoms with Gasteiger partial charge in [-0.15, -0.1) is 0 Å². The van der Waals surface area contributed by atoms with Crippen molar-refractivity contribution in [2.75, 3.05) is 22.6 Å². The first kappa shape index (κ1) is 23.1. The van der Waals surface area contributed by atoms with Gasteiger partial charge in [0.05, 0.1) is 23.4 Å². The van der Waals surface area contributed by atoms with Gasteiger partial charge in [-0.1, -0.05) is 41.9 Å². The van der Waals surface area contributed by atoms with Crippen LogP contribution >= 0.6 is 11.6 Å². The van der Waals surface area contributed by atoms with Crippen LogP contribution in [-0.2, 0) is 20.8 Å². The Morgan fingerprint density at radius 2 is 1.71 bits per heavy atom. The van der Waals surface area contributed by atoms with Gasteiger partial charge in [0, 0.05) is 35.9 Å². The molecular formula is C26H22ClN3O4. The first-order chi connectivity index (χ1) is 16.2. The minimum Gasteiger partial charge on any atom is -0.481 e. The summed E-state index contributed by atoms with van der Waals surface area (Å²) in [4.78, 5) is 37.2. The number of aliphatic carboxylic acids is 1. The van der Waals surface area contributed by atoms with Gasteiger partial charge in [-0.2, -0.15) is 0 Å². The zero-order valence-corrected chi connectivity index (χ0v) is 19.3. The van der Waals surface area contributed by atoms with E-state index < -0.39 is 5.97 Å². The van der Waals surface area contributed by atoms with E-state index in [1.165, 1.54) is 11.8 Å². The Bertz CT molecular complexity index is 1310. The fourth-order valence-corrected chi connectivity index (χ4v) is 3.90. The standard InChI is InChI=1S/C26H22ClN3O4/c1-15(31)30(2)20-10-8-19(9-11-20)28-25(17-5-3-16(4-6-17)13-23(32)33)24-21-12-7-18(27)14-22(21)29-26(24)34/h3-12,14,28H,13H2,1-2H3,(H,29,34)(H,32,33)/b25-24-. The molecule has 0 aromatic heterocycles. The molecule has 3 N–H and O–H groups in total. The number of amides is 2. The number of hydrogen-bond donors (Lipinski definition) is 3. The molecule has 3 aromatic carbocycles. The molecule has 0 aliphatic carbocycles. The lowest BCUT2D eigenvalue weighted by Crippen LogP contribution is -2.22. The van der Waals surface area contributed by atoms with Crippen LogP contribution in [0.1, 0.15) is 23.6 Å². The summed E-state index contributed by atoms with van der Waals surface area (Å²) in [6.07, 6.45) is -0.0907. The topological polar surface area (TPSA) is 98.7 Å². The maximum absolute atomic E-state index is 13.0. The fourth-order valence-electron chi connectivity index (χ4n) is 3.73. The van der Waals surface area contributed by atoms with E-state index in [0.717, 1.165) is 5.69 Å². The maximum Gasteiger partial charge on any atom is 0.307 e. The van der Waals surface area contributed by atoms with Crippen molar-refractivity contribution in [1.29, 1.82) is 0 Å². The van der Waals surface area contributed by atoms with E-state index in [-0.39, 0.29) is 18.2 Å². The number of nitrogens with one attached hydrogen (secondary N) is 2. The highest BCUT2D eigenvalue weighted by atomic mass is 35.5. The number of halogens is 1. The number of benzene rings is 3. The molecule has 1 aliphatic heterocycles. The Morgan fingerprint density at radius 3 is 2.32 bits per heavy atom. The summed E-state index contributed by atoms with van der Waals surface area (Å²) in [5, 5.41) is 15.8. The molecule has 0 radical (unpaired) electrons. The predicted molar refractivity (Wildman–Crippen MR) is 134 cm³/mol. The molecule has 0 spiro atoms. The van der Waals surface area contributed by atoms with E-state index >= 15 is 0 Å². The van der Waals surface area contributed by atoms with Crippen LogP contribution in [0.5, 0.6) is 0 Å². The number of carbonyl (C=O) groups excluding carboxylic acids is 2. The third kappa shape index (κ3) is 4.79. The van der Waals surface area contributed by atoms with Gasteiger partial charge in [-0.3, -0.25) is 14.4 Å². The summed E-state index contributed by atoms with van der Waals surface area (Å²) in [5.74, 6) is -1.27. The predicted octanol–water partition coefficient (Wildman–Crippen LogP) is 4.88. The Hall–Kier alpha value is -4.10. The van der Waals surface area contributed by atoms with Gasteiger partial charge in [-0.05, 0) is 47.5 Å². The number of anilines is 3. The molecule has 0 saturated carbocycles. The number of carboxylic acids is 1. The Labute approximate surface area is 201 Å². The first-order valence-corrected chi connectivity index (χ1v) is 10.9. The van der Waals surface area contributed by atoms with E-state index in [9.17, 15) is 14.4 Å². The molecule has 3 aromatic rings. The Morgan fingerprint density at radius 1 is 1.03 bits per heavy atom. The molecule has 4 rings (SSSR count). The Balaban J connectivity index is 1.78. The molecule has 1 aliphatic rings. The normalized spacial score (nSPS) is 13.7. The lowest BCUT2D eigenvalue weighted by atomic mass is 9.98. The highest BCUT2D eigenvalue weighted by molar-refractivity contribution is 6.38. The van der Waals surface area contributed by atoms with E-state index in [4.69, 9.17) is 16.7 Å². The van der Waals surface area contributed by atoms with Crippen molar-refractivity contribution in [2.45, 2.75) is 13.3 Å². The van der Waals surface area contributed by atoms with Crippen molar-refractivity contribution in [1.82, 2.24) is 0 Å². The maximum atomic E-state index is 13.0. The van der Waals surface area contributed by atoms with Gasteiger partial charge < -0.3 is 20.6 Å². The number of carboxylic acid groups (broad SMARTS) is 1. The SMILES string of the molecule is CC(=O)N(C)c1ccc(N/C(=C2\C(=O)Nc3cc(Cl)ccc32)c2ccc(CC(=O)O)cc2)cc1. The van der Waals surface area contributed by atoms with E-state index in [0.29, 0.717) is 44.4 Å². The molecule has 0 bridgehead atoms. The third-order valence-corrected chi connectivity index (χ3v) is 5.81. The van der Waals surface area contributed by atoms with Crippen molar-refractivity contribution in [3.8, 4) is 0 Å². The number of rotatable bonds is 6. The van der Waals surface area contributed by atoms with Gasteiger partial charge in [-0.25, -0.2) is 0 Å². The minimum atomic E-state index is -0.916. The van der Waals surface area contributed by atoms with Crippen LogP contribution in [0.4, 0.5) is 17.1 Å². The number of carbonyl (C=O) groups is 3. The van der Waals surface area contributed by atoms with Crippen molar-refractivity contribution >= 4 is 57.7 Å². The summed E-state index contributed by atoms with van der Waals surface area (Å²) in [5.41, 5.74) is 5.16. The summed E-state index contributed by atoms with van der Waals surface area (Å²) in [6, 6.07) is 19.5. The monoisotopic (exact) mass is 475 g/mol. The molecule has 0 fully saturated rings. The zero-order chi connectivity index (χ0) is 24.4. The van der Waals surface area contributed by atoms with E-state index in [2.05, 4.69) is 10.6 Å². The van der Waals surface area contributed by atoms with Gasteiger partial charge in [0.25, 0.3) is 5.91 Å². The smallest absolute Gasteiger partial charge is 0.307 e. The van der Waals surface area contributed by atoms with Gasteiger partial charge in [0.2, 0.25) is 5.91 Å². The van der Waals surface area contributed by atoms with Crippen molar-refractivity contribution in [2.24, 2.45) is 0 Å². The van der Waals surface area contributed by atoms with Crippen molar-refractivity contribution in [3.05, 3.63) is 88.4 Å². The van der Waals surface area contributed by atoms with Crippen LogP contribution in [-0.4, -0.2) is 29.9 Å². The van der Waals surface area contributed by atoms with Crippen LogP contribution in [0, 0.1) is 0 Å². The lowest BCUT2D eigenvalue weighted by Gasteiger charge is -2.18. The van der Waals surface area contributed by atoms with Gasteiger partial charge >= 0.3 is 5.97 Å². The van der Waals surface area contributed by atoms with Crippen LogP contribution in [0.3, 0.4) is 0 Å². The highest BCUT2D eigenvalue weighted by Gasteiger charge is 2.28. The van der Waals surface area contributed by atoms with Gasteiger partial charge in [0.1, 0.15) is 0 Å². The largest absolute Gasteiger partial charge is 0.481 e. The van der Waals surface area contributed by atoms with Gasteiger partial charge in [0.15, 0.2) is 0 Å². The van der Waals surface area contributed by atoms with E-state index in [1.54, 1.807) is 49.5 Å². The average Bonchev–Trinajstić information content (AvgIpc) is 3.12. The van der Waals surface area contributed by atoms with Crippen LogP contribution in [0.15, 0.2) is 66.7 Å². The first-order valence-electron chi connectivity index (χ1n) is 10.5. The average molecular weight is 476 g/mol. The number of hydrogen-bond acceptors (Lipinski definition) is 4. The van der Waals surface area contributed by atoms with Crippen LogP contribution in [0.25, 0.3) is 11.3 Å². The molecule has 7 nitrogen and oxygen atoms in total. The highest BCUT2D eigenvalue weighted by Crippen LogP contribution is 2.39. The molecule has 1 heterocycles. The van der Waals surface area contributed by atoms with Crippen LogP contribution in [0.2, 0.25) is 5.02 Å². The van der Waals surface area contributed by atoms with E-state index in [1.807, 2.05) is 24.3 Å². The Kier molecular flexibility index (Phi) is 6.38. The quantitative estimate of drug-likeness (QED) is 0.441. The zero-order valence-electron chi connectivity index (χ0n) is 18.6. The molecular weight excluding hydrogens is 454 g/mol.